The van der Waals surface area contributed by atoms with E-state index in [-0.39, 0.29) is 17.1 Å². The Morgan fingerprint density at radius 1 is 1.23 bits per heavy atom. The van der Waals surface area contributed by atoms with Crippen LogP contribution in [0.1, 0.15) is 43.7 Å². The molecule has 0 aliphatic heterocycles. The van der Waals surface area contributed by atoms with Crippen molar-refractivity contribution >= 4 is 35.2 Å². The van der Waals surface area contributed by atoms with Crippen LogP contribution < -0.4 is 5.43 Å². The Morgan fingerprint density at radius 3 is 2.57 bits per heavy atom. The molecule has 0 saturated carbocycles. The number of rotatable bonds is 7. The number of hydrogen-bond acceptors (Lipinski definition) is 6. The smallest absolute Gasteiger partial charge is 0.250 e. The number of thioether (sulfide) groups is 1. The summed E-state index contributed by atoms with van der Waals surface area (Å²) in [7, 11) is 0. The summed E-state index contributed by atoms with van der Waals surface area (Å²) < 4.78 is 2.03. The van der Waals surface area contributed by atoms with Gasteiger partial charge in [-0.05, 0) is 41.8 Å². The molecule has 0 bridgehead atoms. The van der Waals surface area contributed by atoms with Gasteiger partial charge in [0, 0.05) is 17.0 Å². The number of aryl methyl sites for hydroxylation is 1. The molecule has 1 N–H and O–H groups in total. The molecule has 0 radical (unpaired) electrons. The van der Waals surface area contributed by atoms with Gasteiger partial charge in [-0.2, -0.15) is 5.10 Å². The lowest BCUT2D eigenvalue weighted by atomic mass is 9.87. The summed E-state index contributed by atoms with van der Waals surface area (Å²) in [6.07, 6.45) is 1.68. The fourth-order valence-electron chi connectivity index (χ4n) is 2.86. The highest BCUT2D eigenvalue weighted by molar-refractivity contribution is 7.99. The number of hydrazone groups is 1. The number of benzene rings is 1. The van der Waals surface area contributed by atoms with Gasteiger partial charge in [0.05, 0.1) is 12.0 Å². The van der Waals surface area contributed by atoms with Crippen LogP contribution in [0.15, 0.2) is 46.0 Å². The molecule has 0 unspecified atom stereocenters. The molecule has 6 nitrogen and oxygen atoms in total. The topological polar surface area (TPSA) is 72.2 Å². The van der Waals surface area contributed by atoms with Gasteiger partial charge < -0.3 is 4.57 Å². The summed E-state index contributed by atoms with van der Waals surface area (Å²) >= 11 is 2.95. The zero-order chi connectivity index (χ0) is 21.7. The van der Waals surface area contributed by atoms with Gasteiger partial charge in [-0.15, -0.1) is 21.5 Å². The van der Waals surface area contributed by atoms with Crippen molar-refractivity contribution in [3.63, 3.8) is 0 Å². The molecule has 3 aromatic rings. The van der Waals surface area contributed by atoms with Crippen molar-refractivity contribution in [3.8, 4) is 11.4 Å². The normalized spacial score (nSPS) is 11.9. The average molecular weight is 442 g/mol. The van der Waals surface area contributed by atoms with Crippen LogP contribution in [-0.2, 0) is 16.8 Å². The fourth-order valence-corrected chi connectivity index (χ4v) is 4.44. The Balaban J connectivity index is 1.63. The highest BCUT2D eigenvalue weighted by Gasteiger charge is 2.17. The quantitative estimate of drug-likeness (QED) is 0.322. The van der Waals surface area contributed by atoms with Crippen LogP contribution in [0.4, 0.5) is 0 Å². The van der Waals surface area contributed by atoms with Crippen molar-refractivity contribution in [1.29, 1.82) is 0 Å². The fraction of sp³-hybridized carbons (Fsp3) is 0.364. The number of nitrogens with one attached hydrogen (secondary N) is 1. The molecule has 0 fully saturated rings. The Labute approximate surface area is 185 Å². The summed E-state index contributed by atoms with van der Waals surface area (Å²) in [5.74, 6) is 0.862. The minimum absolute atomic E-state index is 0.107. The summed E-state index contributed by atoms with van der Waals surface area (Å²) in [4.78, 5) is 13.2. The third-order valence-electron chi connectivity index (χ3n) is 4.65. The van der Waals surface area contributed by atoms with Crippen LogP contribution in [-0.4, -0.2) is 32.6 Å². The number of amides is 1. The van der Waals surface area contributed by atoms with Crippen LogP contribution in [0, 0.1) is 6.92 Å². The van der Waals surface area contributed by atoms with E-state index in [4.69, 9.17) is 0 Å². The number of carbonyl (C=O) groups excluding carboxylic acids is 1. The second-order valence-corrected chi connectivity index (χ2v) is 9.82. The van der Waals surface area contributed by atoms with E-state index in [1.54, 1.807) is 17.6 Å². The Hall–Kier alpha value is -2.45. The Bertz CT molecular complexity index is 1030. The lowest BCUT2D eigenvalue weighted by Gasteiger charge is -2.19. The largest absolute Gasteiger partial charge is 0.302 e. The second-order valence-electron chi connectivity index (χ2n) is 7.93. The first kappa shape index (κ1) is 22.2. The van der Waals surface area contributed by atoms with Gasteiger partial charge >= 0.3 is 0 Å². The van der Waals surface area contributed by atoms with Crippen molar-refractivity contribution in [2.24, 2.45) is 5.10 Å². The minimum Gasteiger partial charge on any atom is -0.302 e. The number of thiophene rings is 1. The van der Waals surface area contributed by atoms with Crippen molar-refractivity contribution in [2.45, 2.75) is 51.7 Å². The van der Waals surface area contributed by atoms with E-state index in [0.717, 1.165) is 33.5 Å². The monoisotopic (exact) mass is 441 g/mol. The lowest BCUT2D eigenvalue weighted by Crippen LogP contribution is -2.20. The van der Waals surface area contributed by atoms with Crippen molar-refractivity contribution < 1.29 is 4.79 Å². The Kier molecular flexibility index (Phi) is 7.10. The molecule has 1 amide bonds. The molecule has 2 heterocycles. The van der Waals surface area contributed by atoms with E-state index in [0.29, 0.717) is 0 Å². The zero-order valence-corrected chi connectivity index (χ0v) is 19.6. The lowest BCUT2D eigenvalue weighted by molar-refractivity contribution is -0.118. The maximum absolute atomic E-state index is 12.1. The van der Waals surface area contributed by atoms with E-state index in [2.05, 4.69) is 65.8 Å². The molecule has 30 heavy (non-hydrogen) atoms. The third-order valence-corrected chi connectivity index (χ3v) is 6.57. The number of hydrogen-bond donors (Lipinski definition) is 1. The first-order chi connectivity index (χ1) is 14.3. The molecule has 2 aromatic heterocycles. The van der Waals surface area contributed by atoms with Crippen molar-refractivity contribution in [2.75, 3.05) is 5.75 Å². The third kappa shape index (κ3) is 5.37. The van der Waals surface area contributed by atoms with Gasteiger partial charge in [-0.3, -0.25) is 4.79 Å². The number of aromatic nitrogens is 3. The van der Waals surface area contributed by atoms with Crippen LogP contribution in [0.5, 0.6) is 0 Å². The highest BCUT2D eigenvalue weighted by Crippen LogP contribution is 2.27. The molecule has 0 aliphatic rings. The number of nitrogens with zero attached hydrogens (tertiary/aromatic N) is 4. The summed E-state index contributed by atoms with van der Waals surface area (Å²) in [6, 6.07) is 10.5. The minimum atomic E-state index is -0.174. The van der Waals surface area contributed by atoms with Crippen LogP contribution in [0.2, 0.25) is 0 Å². The summed E-state index contributed by atoms with van der Waals surface area (Å²) in [5, 5.41) is 15.4. The summed E-state index contributed by atoms with van der Waals surface area (Å²) in [6.45, 7) is 11.4. The van der Waals surface area contributed by atoms with Crippen LogP contribution >= 0.6 is 23.1 Å². The Morgan fingerprint density at radius 2 is 1.97 bits per heavy atom. The molecular weight excluding hydrogens is 414 g/mol. The van der Waals surface area contributed by atoms with E-state index in [9.17, 15) is 4.79 Å². The maximum atomic E-state index is 12.1. The molecular formula is C22H27N5OS2. The van der Waals surface area contributed by atoms with Gasteiger partial charge in [0.2, 0.25) is 0 Å². The average Bonchev–Trinajstić information content (AvgIpc) is 3.31. The van der Waals surface area contributed by atoms with Gasteiger partial charge in [0.1, 0.15) is 0 Å². The van der Waals surface area contributed by atoms with Gasteiger partial charge in [0.15, 0.2) is 11.0 Å². The van der Waals surface area contributed by atoms with E-state index < -0.39 is 0 Å². The van der Waals surface area contributed by atoms with Gasteiger partial charge in [-0.1, -0.05) is 56.8 Å². The van der Waals surface area contributed by atoms with E-state index in [1.165, 1.54) is 17.3 Å². The first-order valence-corrected chi connectivity index (χ1v) is 11.7. The number of carbonyl (C=O) groups is 1. The molecule has 0 saturated heterocycles. The molecule has 0 atom stereocenters. The first-order valence-electron chi connectivity index (χ1n) is 9.82. The molecule has 0 spiro atoms. The molecule has 158 valence electrons. The predicted octanol–water partition coefficient (Wildman–Crippen LogP) is 4.87. The van der Waals surface area contributed by atoms with Crippen molar-refractivity contribution in [1.82, 2.24) is 20.2 Å². The second kappa shape index (κ2) is 9.57. The SMILES string of the molecule is CCn1c(SCC(=O)N/N=C/c2sccc2C)nnc1-c1ccc(C(C)(C)C)cc1. The zero-order valence-electron chi connectivity index (χ0n) is 18.0. The molecule has 3 rings (SSSR count). The maximum Gasteiger partial charge on any atom is 0.250 e. The summed E-state index contributed by atoms with van der Waals surface area (Å²) in [5.41, 5.74) is 6.12. The molecule has 8 heteroatoms. The molecule has 0 aliphatic carbocycles. The van der Waals surface area contributed by atoms with E-state index >= 15 is 0 Å². The van der Waals surface area contributed by atoms with Gasteiger partial charge in [-0.25, -0.2) is 5.43 Å². The van der Waals surface area contributed by atoms with Crippen LogP contribution in [0.25, 0.3) is 11.4 Å². The highest BCUT2D eigenvalue weighted by atomic mass is 32.2. The standard InChI is InChI=1S/C22H27N5OS2/c1-6-27-20(16-7-9-17(10-8-16)22(3,4)5)25-26-21(27)30-14-19(28)24-23-13-18-15(2)11-12-29-18/h7-13H,6,14H2,1-5H3,(H,24,28)/b23-13+. The van der Waals surface area contributed by atoms with Gasteiger partial charge in [0.25, 0.3) is 5.91 Å². The van der Waals surface area contributed by atoms with E-state index in [1.807, 2.05) is 29.9 Å². The van der Waals surface area contributed by atoms with Crippen LogP contribution in [0.3, 0.4) is 0 Å². The molecule has 1 aromatic carbocycles. The van der Waals surface area contributed by atoms with Crippen molar-refractivity contribution in [3.05, 3.63) is 51.7 Å². The predicted molar refractivity (Wildman–Crippen MR) is 125 cm³/mol.